The zero-order valence-corrected chi connectivity index (χ0v) is 20.2. The summed E-state index contributed by atoms with van der Waals surface area (Å²) in [6, 6.07) is 16.5. The van der Waals surface area contributed by atoms with Crippen LogP contribution in [0.3, 0.4) is 0 Å². The molecule has 1 saturated heterocycles. The van der Waals surface area contributed by atoms with Gasteiger partial charge < -0.3 is 24.1 Å². The second-order valence-corrected chi connectivity index (χ2v) is 8.89. The summed E-state index contributed by atoms with van der Waals surface area (Å²) in [5.74, 6) is 3.47. The number of carbonyl (C=O) groups is 1. The van der Waals surface area contributed by atoms with E-state index in [4.69, 9.17) is 18.7 Å². The van der Waals surface area contributed by atoms with Crippen LogP contribution in [-0.2, 0) is 6.54 Å². The molecule has 2 aromatic carbocycles. The molecule has 1 unspecified atom stereocenters. The van der Waals surface area contributed by atoms with Gasteiger partial charge in [0.25, 0.3) is 5.91 Å². The van der Waals surface area contributed by atoms with Crippen LogP contribution in [0.15, 0.2) is 65.3 Å². The number of carbonyl (C=O) groups excluding carboxylic acids is 1. The van der Waals surface area contributed by atoms with Crippen LogP contribution in [0.4, 0.5) is 5.82 Å². The van der Waals surface area contributed by atoms with Crippen molar-refractivity contribution in [3.8, 4) is 28.6 Å². The topological polar surface area (TPSA) is 112 Å². The number of rotatable bonds is 7. The molecule has 6 rings (SSSR count). The number of anilines is 1. The Kier molecular flexibility index (Phi) is 6.15. The van der Waals surface area contributed by atoms with E-state index in [1.165, 1.54) is 0 Å². The number of likely N-dealkylation sites (tertiary alicyclic amines) is 1. The van der Waals surface area contributed by atoms with E-state index in [0.29, 0.717) is 34.4 Å². The van der Waals surface area contributed by atoms with Crippen LogP contribution in [-0.4, -0.2) is 46.4 Å². The van der Waals surface area contributed by atoms with E-state index in [2.05, 4.69) is 31.4 Å². The number of fused-ring (bicyclic) bond motifs is 1. The van der Waals surface area contributed by atoms with E-state index in [0.717, 1.165) is 43.0 Å². The van der Waals surface area contributed by atoms with Gasteiger partial charge in [-0.3, -0.25) is 9.69 Å². The molecule has 2 aromatic heterocycles. The van der Waals surface area contributed by atoms with Gasteiger partial charge >= 0.3 is 0 Å². The summed E-state index contributed by atoms with van der Waals surface area (Å²) in [5.41, 5.74) is 2.36. The van der Waals surface area contributed by atoms with Crippen molar-refractivity contribution in [3.63, 3.8) is 0 Å². The molecule has 0 radical (unpaired) electrons. The molecule has 0 saturated carbocycles. The third kappa shape index (κ3) is 4.83. The van der Waals surface area contributed by atoms with Gasteiger partial charge in [0.1, 0.15) is 11.6 Å². The maximum Gasteiger partial charge on any atom is 0.256 e. The number of ether oxygens (including phenoxy) is 3. The fraction of sp³-hybridized carbons (Fsp3) is 0.259. The van der Waals surface area contributed by atoms with Gasteiger partial charge in [0, 0.05) is 23.9 Å². The number of aromatic nitrogens is 3. The van der Waals surface area contributed by atoms with Crippen molar-refractivity contribution >= 4 is 11.7 Å². The molecule has 1 N–H and O–H groups in total. The first-order valence-corrected chi connectivity index (χ1v) is 12.0. The number of hydrogen-bond acceptors (Lipinski definition) is 9. The minimum Gasteiger partial charge on any atom is -0.497 e. The first kappa shape index (κ1) is 23.0. The summed E-state index contributed by atoms with van der Waals surface area (Å²) in [6.45, 7) is 1.96. The minimum atomic E-state index is -0.256. The predicted octanol–water partition coefficient (Wildman–Crippen LogP) is 4.46. The lowest BCUT2D eigenvalue weighted by Gasteiger charge is -2.21. The molecule has 1 fully saturated rings. The van der Waals surface area contributed by atoms with E-state index < -0.39 is 0 Å². The number of hydrogen-bond donors (Lipinski definition) is 1. The van der Waals surface area contributed by atoms with Gasteiger partial charge in [-0.2, -0.15) is 4.98 Å². The number of pyridine rings is 1. The van der Waals surface area contributed by atoms with E-state index in [9.17, 15) is 4.79 Å². The SMILES string of the molecule is COc1ccc(C(=O)Nc2ccc(-c3noc(C4CCCN4Cc4ccc5c(c4)OCO5)n3)cn2)cc1. The maximum absolute atomic E-state index is 12.5. The fourth-order valence-corrected chi connectivity index (χ4v) is 4.59. The van der Waals surface area contributed by atoms with E-state index in [1.807, 2.05) is 18.2 Å². The molecule has 188 valence electrons. The van der Waals surface area contributed by atoms with Gasteiger partial charge in [-0.1, -0.05) is 11.2 Å². The van der Waals surface area contributed by atoms with Crippen molar-refractivity contribution in [1.82, 2.24) is 20.0 Å². The first-order chi connectivity index (χ1) is 18.2. The Balaban J connectivity index is 1.11. The molecule has 4 heterocycles. The van der Waals surface area contributed by atoms with Crippen LogP contribution in [0.25, 0.3) is 11.4 Å². The summed E-state index contributed by atoms with van der Waals surface area (Å²) in [4.78, 5) is 23.8. The Labute approximate surface area is 213 Å². The zero-order valence-electron chi connectivity index (χ0n) is 20.2. The highest BCUT2D eigenvalue weighted by atomic mass is 16.7. The normalized spacial score (nSPS) is 16.6. The van der Waals surface area contributed by atoms with Crippen molar-refractivity contribution < 1.29 is 23.5 Å². The summed E-state index contributed by atoms with van der Waals surface area (Å²) < 4.78 is 21.7. The smallest absolute Gasteiger partial charge is 0.256 e. The lowest BCUT2D eigenvalue weighted by molar-refractivity contribution is 0.102. The molecular formula is C27H25N5O5. The Bertz CT molecular complexity index is 1400. The van der Waals surface area contributed by atoms with Crippen molar-refractivity contribution in [2.24, 2.45) is 0 Å². The average molecular weight is 500 g/mol. The molecule has 10 heteroatoms. The monoisotopic (exact) mass is 499 g/mol. The fourth-order valence-electron chi connectivity index (χ4n) is 4.59. The van der Waals surface area contributed by atoms with Crippen molar-refractivity contribution in [1.29, 1.82) is 0 Å². The standard InChI is InChI=1S/C27H25N5O5/c1-34-20-8-5-18(6-9-20)26(33)29-24-11-7-19(14-28-24)25-30-27(37-31-25)21-3-2-12-32(21)15-17-4-10-22-23(13-17)36-16-35-22/h4-11,13-14,21H,2-3,12,15-16H2,1H3,(H,28,29,33). The highest BCUT2D eigenvalue weighted by Gasteiger charge is 2.31. The number of benzene rings is 2. The van der Waals surface area contributed by atoms with E-state index >= 15 is 0 Å². The second kappa shape index (κ2) is 9.90. The van der Waals surface area contributed by atoms with Gasteiger partial charge in [-0.15, -0.1) is 0 Å². The molecule has 0 aliphatic carbocycles. The molecule has 2 aliphatic heterocycles. The summed E-state index contributed by atoms with van der Waals surface area (Å²) in [6.07, 6.45) is 3.62. The van der Waals surface area contributed by atoms with E-state index in [-0.39, 0.29) is 18.7 Å². The number of amides is 1. The van der Waals surface area contributed by atoms with Crippen molar-refractivity contribution in [2.45, 2.75) is 25.4 Å². The zero-order chi connectivity index (χ0) is 25.2. The minimum absolute atomic E-state index is 0.0442. The van der Waals surface area contributed by atoms with Crippen LogP contribution in [0.2, 0.25) is 0 Å². The van der Waals surface area contributed by atoms with Crippen molar-refractivity contribution in [2.75, 3.05) is 25.8 Å². The van der Waals surface area contributed by atoms with Crippen LogP contribution in [0.1, 0.15) is 40.7 Å². The summed E-state index contributed by atoms with van der Waals surface area (Å²) in [7, 11) is 1.58. The highest BCUT2D eigenvalue weighted by Crippen LogP contribution is 2.36. The molecule has 0 spiro atoms. The van der Waals surface area contributed by atoms with Crippen LogP contribution < -0.4 is 19.5 Å². The molecule has 1 amide bonds. The van der Waals surface area contributed by atoms with Gasteiger partial charge in [-0.25, -0.2) is 4.98 Å². The number of methoxy groups -OCH3 is 1. The van der Waals surface area contributed by atoms with Gasteiger partial charge in [0.05, 0.1) is 13.2 Å². The molecule has 2 aliphatic rings. The molecule has 37 heavy (non-hydrogen) atoms. The Morgan fingerprint density at radius 1 is 1.11 bits per heavy atom. The molecular weight excluding hydrogens is 474 g/mol. The maximum atomic E-state index is 12.5. The highest BCUT2D eigenvalue weighted by molar-refractivity contribution is 6.03. The van der Waals surface area contributed by atoms with Gasteiger partial charge in [0.2, 0.25) is 18.5 Å². The Hall–Kier alpha value is -4.44. The largest absolute Gasteiger partial charge is 0.497 e. The lowest BCUT2D eigenvalue weighted by atomic mass is 10.1. The number of nitrogens with zero attached hydrogens (tertiary/aromatic N) is 4. The lowest BCUT2D eigenvalue weighted by Crippen LogP contribution is -2.23. The first-order valence-electron chi connectivity index (χ1n) is 12.0. The Morgan fingerprint density at radius 3 is 2.78 bits per heavy atom. The quantitative estimate of drug-likeness (QED) is 0.394. The molecule has 4 aromatic rings. The summed E-state index contributed by atoms with van der Waals surface area (Å²) in [5, 5.41) is 6.98. The molecule has 0 bridgehead atoms. The van der Waals surface area contributed by atoms with Crippen LogP contribution in [0, 0.1) is 0 Å². The summed E-state index contributed by atoms with van der Waals surface area (Å²) >= 11 is 0. The third-order valence-corrected chi connectivity index (χ3v) is 6.53. The predicted molar refractivity (Wildman–Crippen MR) is 133 cm³/mol. The van der Waals surface area contributed by atoms with E-state index in [1.54, 1.807) is 43.6 Å². The average Bonchev–Trinajstić information content (AvgIpc) is 3.70. The van der Waals surface area contributed by atoms with Crippen LogP contribution in [0.5, 0.6) is 17.2 Å². The van der Waals surface area contributed by atoms with Gasteiger partial charge in [-0.05, 0) is 73.5 Å². The molecule has 10 nitrogen and oxygen atoms in total. The Morgan fingerprint density at radius 2 is 1.97 bits per heavy atom. The second-order valence-electron chi connectivity index (χ2n) is 8.89. The number of nitrogens with one attached hydrogen (secondary N) is 1. The van der Waals surface area contributed by atoms with Crippen molar-refractivity contribution in [3.05, 3.63) is 77.8 Å². The van der Waals surface area contributed by atoms with Gasteiger partial charge in [0.15, 0.2) is 11.5 Å². The van der Waals surface area contributed by atoms with Crippen LogP contribution >= 0.6 is 0 Å². The molecule has 1 atom stereocenters. The third-order valence-electron chi connectivity index (χ3n) is 6.53.